The lowest BCUT2D eigenvalue weighted by molar-refractivity contribution is 0.0714. The molecule has 1 aromatic heterocycles. The van der Waals surface area contributed by atoms with Gasteiger partial charge in [-0.2, -0.15) is 0 Å². The number of halogens is 1. The van der Waals surface area contributed by atoms with Crippen molar-refractivity contribution in [3.63, 3.8) is 0 Å². The number of hydrogen-bond donors (Lipinski definition) is 2. The maximum Gasteiger partial charge on any atom is 0.270 e. The normalized spacial score (nSPS) is 22.2. The molecule has 4 nitrogen and oxygen atoms in total. The van der Waals surface area contributed by atoms with Crippen molar-refractivity contribution in [2.75, 3.05) is 0 Å². The first kappa shape index (κ1) is 14.5. The van der Waals surface area contributed by atoms with Crippen LogP contribution in [0.4, 0.5) is 0 Å². The molecule has 3 rings (SSSR count). The molecule has 21 heavy (non-hydrogen) atoms. The molecule has 0 unspecified atom stereocenters. The summed E-state index contributed by atoms with van der Waals surface area (Å²) in [6.45, 7) is 0. The molecule has 0 bridgehead atoms. The lowest BCUT2D eigenvalue weighted by atomic mass is 9.92. The number of fused-ring (bicyclic) bond motifs is 1. The molecule has 5 heteroatoms. The van der Waals surface area contributed by atoms with Gasteiger partial charge in [0.25, 0.3) is 5.91 Å². The third kappa shape index (κ3) is 3.09. The Balaban J connectivity index is 1.84. The number of carbonyl (C=O) groups is 1. The topological polar surface area (TPSA) is 62.2 Å². The van der Waals surface area contributed by atoms with Crippen LogP contribution in [0.5, 0.6) is 0 Å². The summed E-state index contributed by atoms with van der Waals surface area (Å²) in [7, 11) is 0. The second-order valence-electron chi connectivity index (χ2n) is 5.44. The number of para-hydroxylation sites is 1. The smallest absolute Gasteiger partial charge is 0.270 e. The van der Waals surface area contributed by atoms with Gasteiger partial charge in [-0.1, -0.05) is 47.0 Å². The first-order chi connectivity index (χ1) is 10.1. The van der Waals surface area contributed by atoms with Gasteiger partial charge >= 0.3 is 0 Å². The Kier molecular flexibility index (Phi) is 4.22. The van der Waals surface area contributed by atoms with Crippen LogP contribution >= 0.6 is 15.9 Å². The number of benzene rings is 1. The van der Waals surface area contributed by atoms with Crippen molar-refractivity contribution in [1.82, 2.24) is 10.3 Å². The molecule has 110 valence electrons. The van der Waals surface area contributed by atoms with E-state index in [9.17, 15) is 9.90 Å². The molecular weight excluding hydrogens is 332 g/mol. The molecule has 1 amide bonds. The number of aliphatic hydroxyl groups excluding tert-OH is 1. The molecule has 1 aliphatic carbocycles. The maximum absolute atomic E-state index is 12.3. The first-order valence-corrected chi connectivity index (χ1v) is 7.98. The molecule has 0 spiro atoms. The number of carbonyl (C=O) groups excluding carboxylic acids is 1. The second-order valence-corrected chi connectivity index (χ2v) is 6.29. The largest absolute Gasteiger partial charge is 0.391 e. The summed E-state index contributed by atoms with van der Waals surface area (Å²) in [6.07, 6.45) is 3.18. The zero-order valence-corrected chi connectivity index (χ0v) is 13.1. The van der Waals surface area contributed by atoms with Crippen molar-refractivity contribution in [3.8, 4) is 0 Å². The number of aromatic nitrogens is 1. The lowest BCUT2D eigenvalue weighted by Gasteiger charge is -2.28. The number of hydrogen-bond acceptors (Lipinski definition) is 3. The molecule has 1 aromatic carbocycles. The number of pyridine rings is 1. The molecule has 1 saturated carbocycles. The van der Waals surface area contributed by atoms with Gasteiger partial charge in [0, 0.05) is 9.86 Å². The third-order valence-corrected chi connectivity index (χ3v) is 4.60. The van der Waals surface area contributed by atoms with Gasteiger partial charge in [-0.15, -0.1) is 0 Å². The van der Waals surface area contributed by atoms with Crippen LogP contribution < -0.4 is 5.32 Å². The highest BCUT2D eigenvalue weighted by Gasteiger charge is 2.25. The highest BCUT2D eigenvalue weighted by molar-refractivity contribution is 9.10. The summed E-state index contributed by atoms with van der Waals surface area (Å²) < 4.78 is 0.849. The number of nitrogens with one attached hydrogen (secondary N) is 1. The molecule has 1 aliphatic rings. The van der Waals surface area contributed by atoms with Crippen molar-refractivity contribution in [1.29, 1.82) is 0 Å². The Morgan fingerprint density at radius 2 is 2.05 bits per heavy atom. The van der Waals surface area contributed by atoms with E-state index in [1.165, 1.54) is 0 Å². The van der Waals surface area contributed by atoms with E-state index in [-0.39, 0.29) is 11.9 Å². The van der Waals surface area contributed by atoms with E-state index in [1.54, 1.807) is 6.07 Å². The molecule has 0 radical (unpaired) electrons. The third-order valence-electron chi connectivity index (χ3n) is 3.94. The van der Waals surface area contributed by atoms with Gasteiger partial charge in [0.05, 0.1) is 17.7 Å². The van der Waals surface area contributed by atoms with Crippen LogP contribution in [-0.2, 0) is 0 Å². The Bertz CT molecular complexity index is 674. The molecule has 0 aliphatic heterocycles. The van der Waals surface area contributed by atoms with Gasteiger partial charge in [0.15, 0.2) is 0 Å². The summed E-state index contributed by atoms with van der Waals surface area (Å²) in [5, 5.41) is 13.8. The average Bonchev–Trinajstić information content (AvgIpc) is 2.49. The van der Waals surface area contributed by atoms with Crippen LogP contribution in [0.15, 0.2) is 34.8 Å². The minimum Gasteiger partial charge on any atom is -0.391 e. The fourth-order valence-corrected chi connectivity index (χ4v) is 3.32. The van der Waals surface area contributed by atoms with E-state index < -0.39 is 6.10 Å². The number of aliphatic hydroxyl groups is 1. The zero-order chi connectivity index (χ0) is 14.8. The van der Waals surface area contributed by atoms with Gasteiger partial charge in [-0.05, 0) is 25.0 Å². The second kappa shape index (κ2) is 6.12. The molecule has 2 aromatic rings. The van der Waals surface area contributed by atoms with E-state index in [1.807, 2.05) is 24.3 Å². The van der Waals surface area contributed by atoms with Gasteiger partial charge in [-0.25, -0.2) is 4.98 Å². The van der Waals surface area contributed by atoms with Crippen molar-refractivity contribution in [3.05, 3.63) is 40.5 Å². The van der Waals surface area contributed by atoms with E-state index in [0.29, 0.717) is 5.69 Å². The maximum atomic E-state index is 12.3. The average molecular weight is 349 g/mol. The van der Waals surface area contributed by atoms with Crippen molar-refractivity contribution < 1.29 is 9.90 Å². The summed E-state index contributed by atoms with van der Waals surface area (Å²) in [5.41, 5.74) is 1.15. The monoisotopic (exact) mass is 348 g/mol. The van der Waals surface area contributed by atoms with Crippen molar-refractivity contribution in [2.24, 2.45) is 0 Å². The lowest BCUT2D eigenvalue weighted by Crippen LogP contribution is -2.45. The van der Waals surface area contributed by atoms with Crippen LogP contribution in [0, 0.1) is 0 Å². The summed E-state index contributed by atoms with van der Waals surface area (Å²) >= 11 is 3.48. The fraction of sp³-hybridized carbons (Fsp3) is 0.375. The van der Waals surface area contributed by atoms with Crippen LogP contribution in [0.2, 0.25) is 0 Å². The van der Waals surface area contributed by atoms with Crippen LogP contribution in [0.25, 0.3) is 10.9 Å². The molecule has 1 fully saturated rings. The van der Waals surface area contributed by atoms with Gasteiger partial charge in [0.2, 0.25) is 0 Å². The predicted molar refractivity (Wildman–Crippen MR) is 85.2 cm³/mol. The summed E-state index contributed by atoms with van der Waals surface area (Å²) in [6, 6.07) is 9.23. The van der Waals surface area contributed by atoms with Crippen LogP contribution in [-0.4, -0.2) is 28.1 Å². The fourth-order valence-electron chi connectivity index (χ4n) is 2.77. The SMILES string of the molecule is O=C(N[C@H]1CCCC[C@H]1O)c1cc(Br)c2ccccc2n1. The quantitative estimate of drug-likeness (QED) is 0.876. The standard InChI is InChI=1S/C16H17BrN2O2/c17-11-9-14(18-12-6-2-1-5-10(11)12)16(21)19-13-7-3-4-8-15(13)20/h1-2,5-6,9,13,15,20H,3-4,7-8H2,(H,19,21)/t13-,15+/m0/s1. The van der Waals surface area contributed by atoms with Crippen LogP contribution in [0.1, 0.15) is 36.2 Å². The van der Waals surface area contributed by atoms with Crippen molar-refractivity contribution >= 4 is 32.7 Å². The van der Waals surface area contributed by atoms with Gasteiger partial charge < -0.3 is 10.4 Å². The highest BCUT2D eigenvalue weighted by atomic mass is 79.9. The Hall–Kier alpha value is -1.46. The Morgan fingerprint density at radius 3 is 2.86 bits per heavy atom. The Labute approximate surface area is 131 Å². The number of nitrogens with zero attached hydrogens (tertiary/aromatic N) is 1. The van der Waals surface area contributed by atoms with E-state index in [4.69, 9.17) is 0 Å². The van der Waals surface area contributed by atoms with E-state index >= 15 is 0 Å². The molecule has 2 N–H and O–H groups in total. The van der Waals surface area contributed by atoms with Gasteiger partial charge in [0.1, 0.15) is 5.69 Å². The molecule has 0 saturated heterocycles. The number of rotatable bonds is 2. The van der Waals surface area contributed by atoms with Gasteiger partial charge in [-0.3, -0.25) is 4.79 Å². The minimum atomic E-state index is -0.452. The zero-order valence-electron chi connectivity index (χ0n) is 11.6. The van der Waals surface area contributed by atoms with E-state index in [0.717, 1.165) is 41.1 Å². The predicted octanol–water partition coefficient (Wildman–Crippen LogP) is 3.03. The molecule has 1 heterocycles. The summed E-state index contributed by atoms with van der Waals surface area (Å²) in [4.78, 5) is 16.8. The highest BCUT2D eigenvalue weighted by Crippen LogP contribution is 2.24. The minimum absolute atomic E-state index is 0.168. The van der Waals surface area contributed by atoms with Crippen molar-refractivity contribution in [2.45, 2.75) is 37.8 Å². The Morgan fingerprint density at radius 1 is 1.29 bits per heavy atom. The summed E-state index contributed by atoms with van der Waals surface area (Å²) in [5.74, 6) is -0.229. The number of amides is 1. The van der Waals surface area contributed by atoms with Crippen LogP contribution in [0.3, 0.4) is 0 Å². The molecule has 2 atom stereocenters. The first-order valence-electron chi connectivity index (χ1n) is 7.19. The van der Waals surface area contributed by atoms with E-state index in [2.05, 4.69) is 26.2 Å². The molecular formula is C16H17BrN2O2.